The third-order valence-electron chi connectivity index (χ3n) is 6.46. The van der Waals surface area contributed by atoms with E-state index >= 15 is 0 Å². The lowest BCUT2D eigenvalue weighted by Gasteiger charge is -2.28. The van der Waals surface area contributed by atoms with Crippen molar-refractivity contribution in [3.63, 3.8) is 0 Å². The molecule has 2 heterocycles. The molecule has 4 atom stereocenters. The molecule has 1 saturated carbocycles. The molecular formula is C27H34N4O6. The van der Waals surface area contributed by atoms with Crippen LogP contribution >= 0.6 is 0 Å². The van der Waals surface area contributed by atoms with Crippen LogP contribution in [-0.4, -0.2) is 69.3 Å². The molecule has 2 aliphatic rings. The minimum Gasteiger partial charge on any atom is -0.471 e. The van der Waals surface area contributed by atoms with Crippen LogP contribution in [0.25, 0.3) is 11.0 Å². The monoisotopic (exact) mass is 510 g/mol. The third-order valence-corrected chi connectivity index (χ3v) is 6.46. The van der Waals surface area contributed by atoms with Gasteiger partial charge in [-0.1, -0.05) is 18.2 Å². The van der Waals surface area contributed by atoms with E-state index in [2.05, 4.69) is 21.9 Å². The number of benzene rings is 1. The van der Waals surface area contributed by atoms with Gasteiger partial charge < -0.3 is 19.5 Å². The predicted molar refractivity (Wildman–Crippen MR) is 136 cm³/mol. The number of para-hydroxylation sites is 2. The van der Waals surface area contributed by atoms with Gasteiger partial charge in [0.15, 0.2) is 0 Å². The largest absolute Gasteiger partial charge is 0.471 e. The average molecular weight is 511 g/mol. The SMILES string of the molecule is C=C[C@@H]1C[C@]1(NC(=O)[C@@H]1C[C@@H](Oc2nc3ccccc3nc2C)CN1C(=O)OC(C)(C)C)C(=O)OCC. The summed E-state index contributed by atoms with van der Waals surface area (Å²) >= 11 is 0. The standard InChI is InChI=1S/C27H34N4O6/c1-7-17-14-27(17,24(33)35-8-2)30-22(32)21-13-18(15-31(21)25(34)37-26(4,5)6)36-23-16(3)28-19-11-9-10-12-20(19)29-23/h7,9-12,17-18,21H,1,8,13-15H2,2-6H3,(H,30,32)/t17-,18-,21+,27-/m1/s1. The first-order chi connectivity index (χ1) is 17.5. The van der Waals surface area contributed by atoms with Crippen molar-refractivity contribution in [2.24, 2.45) is 5.92 Å². The quantitative estimate of drug-likeness (QED) is 0.445. The molecule has 1 saturated heterocycles. The number of likely N-dealkylation sites (tertiary alicyclic amines) is 1. The van der Waals surface area contributed by atoms with Gasteiger partial charge in [0.2, 0.25) is 11.8 Å². The van der Waals surface area contributed by atoms with E-state index in [0.717, 1.165) is 5.52 Å². The smallest absolute Gasteiger partial charge is 0.411 e. The Bertz CT molecular complexity index is 1230. The molecule has 2 amide bonds. The molecule has 10 nitrogen and oxygen atoms in total. The number of esters is 1. The molecule has 10 heteroatoms. The first-order valence-corrected chi connectivity index (χ1v) is 12.5. The Balaban J connectivity index is 1.56. The number of hydrogen-bond acceptors (Lipinski definition) is 8. The number of aryl methyl sites for hydroxylation is 1. The summed E-state index contributed by atoms with van der Waals surface area (Å²) < 4.78 is 16.9. The van der Waals surface area contributed by atoms with Crippen molar-refractivity contribution in [1.29, 1.82) is 0 Å². The molecule has 0 radical (unpaired) electrons. The van der Waals surface area contributed by atoms with Crippen LogP contribution in [0.4, 0.5) is 4.79 Å². The summed E-state index contributed by atoms with van der Waals surface area (Å²) in [6.07, 6.45) is 1.04. The second-order valence-corrected chi connectivity index (χ2v) is 10.5. The highest BCUT2D eigenvalue weighted by Gasteiger charge is 2.62. The van der Waals surface area contributed by atoms with E-state index in [1.807, 2.05) is 24.3 Å². The van der Waals surface area contributed by atoms with E-state index in [1.54, 1.807) is 40.7 Å². The summed E-state index contributed by atoms with van der Waals surface area (Å²) in [6, 6.07) is 6.55. The van der Waals surface area contributed by atoms with Gasteiger partial charge >= 0.3 is 12.1 Å². The minimum absolute atomic E-state index is 0.109. The summed E-state index contributed by atoms with van der Waals surface area (Å²) in [6.45, 7) is 12.8. The van der Waals surface area contributed by atoms with Gasteiger partial charge in [0.25, 0.3) is 0 Å². The first kappa shape index (κ1) is 26.4. The molecule has 1 aliphatic carbocycles. The van der Waals surface area contributed by atoms with Crippen LogP contribution in [0.1, 0.15) is 46.2 Å². The van der Waals surface area contributed by atoms with E-state index in [9.17, 15) is 14.4 Å². The maximum Gasteiger partial charge on any atom is 0.411 e. The van der Waals surface area contributed by atoms with Gasteiger partial charge in [-0.3, -0.25) is 9.69 Å². The number of nitrogens with zero attached hydrogens (tertiary/aromatic N) is 3. The first-order valence-electron chi connectivity index (χ1n) is 12.5. The molecule has 198 valence electrons. The fraction of sp³-hybridized carbons (Fsp3) is 0.519. The van der Waals surface area contributed by atoms with Crippen LogP contribution in [0.15, 0.2) is 36.9 Å². The molecule has 1 aliphatic heterocycles. The minimum atomic E-state index is -1.17. The number of nitrogens with one attached hydrogen (secondary N) is 1. The Morgan fingerprint density at radius 2 is 1.89 bits per heavy atom. The molecule has 1 aromatic heterocycles. The molecule has 0 spiro atoms. The lowest BCUT2D eigenvalue weighted by Crippen LogP contribution is -2.53. The van der Waals surface area contributed by atoms with Gasteiger partial charge in [-0.05, 0) is 53.2 Å². The molecule has 0 unspecified atom stereocenters. The fourth-order valence-electron chi connectivity index (χ4n) is 4.56. The van der Waals surface area contributed by atoms with Crippen molar-refractivity contribution in [1.82, 2.24) is 20.2 Å². The number of fused-ring (bicyclic) bond motifs is 1. The Kier molecular flexibility index (Phi) is 7.12. The van der Waals surface area contributed by atoms with E-state index in [0.29, 0.717) is 23.5 Å². The zero-order valence-electron chi connectivity index (χ0n) is 21.9. The predicted octanol–water partition coefficient (Wildman–Crippen LogP) is 3.32. The van der Waals surface area contributed by atoms with E-state index in [1.165, 1.54) is 4.90 Å². The fourth-order valence-corrected chi connectivity index (χ4v) is 4.56. The van der Waals surface area contributed by atoms with Crippen LogP contribution < -0.4 is 10.1 Å². The van der Waals surface area contributed by atoms with Crippen molar-refractivity contribution < 1.29 is 28.6 Å². The third kappa shape index (κ3) is 5.52. The second-order valence-electron chi connectivity index (χ2n) is 10.5. The second kappa shape index (κ2) is 9.99. The summed E-state index contributed by atoms with van der Waals surface area (Å²) in [5.74, 6) is -0.888. The number of carbonyl (C=O) groups is 3. The normalized spacial score (nSPS) is 24.9. The number of hydrogen-bond donors (Lipinski definition) is 1. The van der Waals surface area contributed by atoms with Crippen molar-refractivity contribution in [2.75, 3.05) is 13.2 Å². The highest BCUT2D eigenvalue weighted by atomic mass is 16.6. The number of aromatic nitrogens is 2. The van der Waals surface area contributed by atoms with Gasteiger partial charge in [-0.2, -0.15) is 0 Å². The highest BCUT2D eigenvalue weighted by molar-refractivity contribution is 5.95. The summed E-state index contributed by atoms with van der Waals surface area (Å²) in [7, 11) is 0. The maximum absolute atomic E-state index is 13.5. The van der Waals surface area contributed by atoms with Crippen molar-refractivity contribution in [3.8, 4) is 5.88 Å². The molecular weight excluding hydrogens is 476 g/mol. The van der Waals surface area contributed by atoms with Crippen LogP contribution in [-0.2, 0) is 19.1 Å². The van der Waals surface area contributed by atoms with E-state index in [4.69, 9.17) is 14.2 Å². The van der Waals surface area contributed by atoms with Crippen LogP contribution in [0.5, 0.6) is 5.88 Å². The van der Waals surface area contributed by atoms with Crippen molar-refractivity contribution in [2.45, 2.75) is 70.7 Å². The summed E-state index contributed by atoms with van der Waals surface area (Å²) in [5, 5.41) is 2.84. The zero-order valence-corrected chi connectivity index (χ0v) is 21.9. The topological polar surface area (TPSA) is 120 Å². The van der Waals surface area contributed by atoms with Crippen LogP contribution in [0.3, 0.4) is 0 Å². The molecule has 1 N–H and O–H groups in total. The van der Waals surface area contributed by atoms with E-state index < -0.39 is 41.3 Å². The van der Waals surface area contributed by atoms with Gasteiger partial charge in [0.1, 0.15) is 29.0 Å². The van der Waals surface area contributed by atoms with Gasteiger partial charge in [0, 0.05) is 12.3 Å². The molecule has 2 aromatic rings. The zero-order chi connectivity index (χ0) is 27.0. The Labute approximate surface area is 216 Å². The molecule has 2 fully saturated rings. The summed E-state index contributed by atoms with van der Waals surface area (Å²) in [5.41, 5.74) is 0.0994. The van der Waals surface area contributed by atoms with Crippen molar-refractivity contribution >= 4 is 29.0 Å². The lowest BCUT2D eigenvalue weighted by molar-refractivity contribution is -0.149. The number of rotatable bonds is 7. The van der Waals surface area contributed by atoms with E-state index in [-0.39, 0.29) is 25.5 Å². The van der Waals surface area contributed by atoms with Crippen molar-refractivity contribution in [3.05, 3.63) is 42.6 Å². The Morgan fingerprint density at radius 1 is 1.22 bits per heavy atom. The van der Waals surface area contributed by atoms with Gasteiger partial charge in [-0.15, -0.1) is 6.58 Å². The molecule has 1 aromatic carbocycles. The molecule has 37 heavy (non-hydrogen) atoms. The number of carbonyl (C=O) groups excluding carboxylic acids is 3. The number of ether oxygens (including phenoxy) is 3. The van der Waals surface area contributed by atoms with Crippen LogP contribution in [0, 0.1) is 12.8 Å². The lowest BCUT2D eigenvalue weighted by atomic mass is 10.1. The average Bonchev–Trinajstić information content (AvgIpc) is 3.37. The molecule has 4 rings (SSSR count). The molecule has 0 bridgehead atoms. The highest BCUT2D eigenvalue weighted by Crippen LogP contribution is 2.45. The van der Waals surface area contributed by atoms with Gasteiger partial charge in [-0.25, -0.2) is 19.6 Å². The number of amides is 2. The Morgan fingerprint density at radius 3 is 2.49 bits per heavy atom. The van der Waals surface area contributed by atoms with Crippen LogP contribution in [0.2, 0.25) is 0 Å². The maximum atomic E-state index is 13.5. The van der Waals surface area contributed by atoms with Gasteiger partial charge in [0.05, 0.1) is 24.2 Å². The Hall–Kier alpha value is -3.69. The summed E-state index contributed by atoms with van der Waals surface area (Å²) in [4.78, 5) is 49.7.